The molecule has 1 unspecified atom stereocenters. The van der Waals surface area contributed by atoms with Gasteiger partial charge in [0.05, 0.1) is 11.2 Å². The summed E-state index contributed by atoms with van der Waals surface area (Å²) in [7, 11) is 5.68. The van der Waals surface area contributed by atoms with Crippen molar-refractivity contribution >= 4 is 11.7 Å². The van der Waals surface area contributed by atoms with Gasteiger partial charge in [0.1, 0.15) is 5.82 Å². The summed E-state index contributed by atoms with van der Waals surface area (Å²) < 4.78 is 0. The fourth-order valence-corrected chi connectivity index (χ4v) is 3.08. The number of nitrogens with one attached hydrogen (secondary N) is 1. The van der Waals surface area contributed by atoms with E-state index in [0.29, 0.717) is 37.4 Å². The topological polar surface area (TPSA) is 68.7 Å². The van der Waals surface area contributed by atoms with Gasteiger partial charge in [-0.15, -0.1) is 0 Å². The molecule has 0 aliphatic carbocycles. The number of hydrogen-bond acceptors (Lipinski definition) is 5. The lowest BCUT2D eigenvalue weighted by Gasteiger charge is -2.30. The van der Waals surface area contributed by atoms with Crippen LogP contribution in [-0.4, -0.2) is 72.2 Å². The molecule has 6 heteroatoms. The summed E-state index contributed by atoms with van der Waals surface area (Å²) in [5, 5.41) is 13.6. The molecule has 0 saturated carbocycles. The fraction of sp³-hybridized carbons (Fsp3) is 0.625. The first-order valence-corrected chi connectivity index (χ1v) is 7.74. The first kappa shape index (κ1) is 16.7. The van der Waals surface area contributed by atoms with Crippen molar-refractivity contribution in [3.8, 4) is 0 Å². The van der Waals surface area contributed by atoms with Crippen molar-refractivity contribution in [2.24, 2.45) is 0 Å². The van der Waals surface area contributed by atoms with E-state index in [-0.39, 0.29) is 5.91 Å². The van der Waals surface area contributed by atoms with Crippen LogP contribution in [0, 0.1) is 0 Å². The van der Waals surface area contributed by atoms with E-state index in [2.05, 4.69) is 10.3 Å². The standard InChI is InChI=1S/C16H26N4O2/c1-17-14-13(6-4-9-18-14)15(21)20-10-5-7-16(22,8-11-20)12-19(2)3/h4,6,9,22H,5,7-8,10-12H2,1-3H3,(H,17,18). The molecule has 1 atom stereocenters. The summed E-state index contributed by atoms with van der Waals surface area (Å²) in [6, 6.07) is 3.56. The van der Waals surface area contributed by atoms with E-state index in [1.165, 1.54) is 0 Å². The zero-order chi connectivity index (χ0) is 16.2. The third-order valence-electron chi connectivity index (χ3n) is 4.09. The Balaban J connectivity index is 2.09. The van der Waals surface area contributed by atoms with Gasteiger partial charge in [-0.1, -0.05) is 0 Å². The highest BCUT2D eigenvalue weighted by Crippen LogP contribution is 2.24. The molecule has 2 heterocycles. The highest BCUT2D eigenvalue weighted by molar-refractivity contribution is 5.98. The summed E-state index contributed by atoms with van der Waals surface area (Å²) >= 11 is 0. The molecule has 1 aromatic rings. The zero-order valence-electron chi connectivity index (χ0n) is 13.7. The Morgan fingerprint density at radius 3 is 2.91 bits per heavy atom. The number of aliphatic hydroxyl groups is 1. The van der Waals surface area contributed by atoms with Gasteiger partial charge in [0.2, 0.25) is 0 Å². The maximum atomic E-state index is 12.7. The summed E-state index contributed by atoms with van der Waals surface area (Å²) in [5.74, 6) is 0.576. The predicted octanol–water partition coefficient (Wildman–Crippen LogP) is 1.04. The van der Waals surface area contributed by atoms with Crippen LogP contribution in [-0.2, 0) is 0 Å². The Morgan fingerprint density at radius 2 is 2.23 bits per heavy atom. The van der Waals surface area contributed by atoms with Crippen LogP contribution in [0.1, 0.15) is 29.6 Å². The van der Waals surface area contributed by atoms with Crippen LogP contribution >= 0.6 is 0 Å². The lowest BCUT2D eigenvalue weighted by atomic mass is 9.94. The summed E-state index contributed by atoms with van der Waals surface area (Å²) in [5.41, 5.74) is -0.123. The van der Waals surface area contributed by atoms with E-state index in [9.17, 15) is 9.90 Å². The molecule has 2 rings (SSSR count). The van der Waals surface area contributed by atoms with Crippen molar-refractivity contribution in [1.29, 1.82) is 0 Å². The number of hydrogen-bond donors (Lipinski definition) is 2. The van der Waals surface area contributed by atoms with Gasteiger partial charge in [-0.05, 0) is 45.5 Å². The number of anilines is 1. The zero-order valence-corrected chi connectivity index (χ0v) is 13.7. The number of carbonyl (C=O) groups is 1. The molecule has 6 nitrogen and oxygen atoms in total. The van der Waals surface area contributed by atoms with E-state index in [0.717, 1.165) is 12.8 Å². The quantitative estimate of drug-likeness (QED) is 0.870. The maximum Gasteiger partial charge on any atom is 0.257 e. The normalized spacial score (nSPS) is 22.5. The highest BCUT2D eigenvalue weighted by atomic mass is 16.3. The van der Waals surface area contributed by atoms with E-state index < -0.39 is 5.60 Å². The fourth-order valence-electron chi connectivity index (χ4n) is 3.08. The van der Waals surface area contributed by atoms with Gasteiger partial charge in [-0.3, -0.25) is 4.79 Å². The monoisotopic (exact) mass is 306 g/mol. The van der Waals surface area contributed by atoms with Crippen LogP contribution in [0.2, 0.25) is 0 Å². The van der Waals surface area contributed by atoms with Crippen LogP contribution < -0.4 is 5.32 Å². The summed E-state index contributed by atoms with van der Waals surface area (Å²) in [6.07, 6.45) is 3.80. The second-order valence-electron chi connectivity index (χ2n) is 6.26. The van der Waals surface area contributed by atoms with Crippen LogP contribution in [0.25, 0.3) is 0 Å². The van der Waals surface area contributed by atoms with E-state index >= 15 is 0 Å². The number of rotatable bonds is 4. The first-order chi connectivity index (χ1) is 10.4. The van der Waals surface area contributed by atoms with Crippen LogP contribution in [0.3, 0.4) is 0 Å². The molecular formula is C16H26N4O2. The predicted molar refractivity (Wildman–Crippen MR) is 87.0 cm³/mol. The SMILES string of the molecule is CNc1ncccc1C(=O)N1CCCC(O)(CN(C)C)CC1. The number of aromatic nitrogens is 1. The lowest BCUT2D eigenvalue weighted by molar-refractivity contribution is 0.00305. The first-order valence-electron chi connectivity index (χ1n) is 7.74. The molecule has 0 bridgehead atoms. The van der Waals surface area contributed by atoms with Gasteiger partial charge in [-0.25, -0.2) is 4.98 Å². The van der Waals surface area contributed by atoms with Crippen molar-refractivity contribution in [3.63, 3.8) is 0 Å². The molecule has 1 aromatic heterocycles. The molecule has 0 spiro atoms. The summed E-state index contributed by atoms with van der Waals surface area (Å²) in [4.78, 5) is 20.7. The molecule has 22 heavy (non-hydrogen) atoms. The molecule has 0 radical (unpaired) electrons. The second kappa shape index (κ2) is 7.07. The Bertz CT molecular complexity index is 521. The van der Waals surface area contributed by atoms with E-state index in [1.54, 1.807) is 25.4 Å². The average Bonchev–Trinajstić information content (AvgIpc) is 2.67. The minimum absolute atomic E-state index is 0.0217. The minimum atomic E-state index is -0.709. The summed E-state index contributed by atoms with van der Waals surface area (Å²) in [6.45, 7) is 1.87. The molecular weight excluding hydrogens is 280 g/mol. The Kier molecular flexibility index (Phi) is 5.37. The number of carbonyl (C=O) groups excluding carboxylic acids is 1. The van der Waals surface area contributed by atoms with Crippen molar-refractivity contribution in [3.05, 3.63) is 23.9 Å². The lowest BCUT2D eigenvalue weighted by Crippen LogP contribution is -2.41. The average molecular weight is 306 g/mol. The van der Waals surface area contributed by atoms with E-state index in [1.807, 2.05) is 23.9 Å². The molecule has 1 fully saturated rings. The van der Waals surface area contributed by atoms with Gasteiger partial charge >= 0.3 is 0 Å². The van der Waals surface area contributed by atoms with Gasteiger partial charge < -0.3 is 20.2 Å². The van der Waals surface area contributed by atoms with Crippen molar-refractivity contribution < 1.29 is 9.90 Å². The van der Waals surface area contributed by atoms with E-state index in [4.69, 9.17) is 0 Å². The highest BCUT2D eigenvalue weighted by Gasteiger charge is 2.32. The molecule has 1 amide bonds. The van der Waals surface area contributed by atoms with Crippen LogP contribution in [0.5, 0.6) is 0 Å². The smallest absolute Gasteiger partial charge is 0.257 e. The van der Waals surface area contributed by atoms with Crippen LogP contribution in [0.15, 0.2) is 18.3 Å². The van der Waals surface area contributed by atoms with Crippen molar-refractivity contribution in [1.82, 2.24) is 14.8 Å². The Hall–Kier alpha value is -1.66. The molecule has 1 saturated heterocycles. The third-order valence-corrected chi connectivity index (χ3v) is 4.09. The molecule has 0 aromatic carbocycles. The van der Waals surface area contributed by atoms with Crippen molar-refractivity contribution in [2.75, 3.05) is 46.1 Å². The largest absolute Gasteiger partial charge is 0.388 e. The van der Waals surface area contributed by atoms with Gasteiger partial charge in [0, 0.05) is 32.9 Å². The van der Waals surface area contributed by atoms with Gasteiger partial charge in [0.25, 0.3) is 5.91 Å². The number of pyridine rings is 1. The Labute approximate surface area is 132 Å². The second-order valence-corrected chi connectivity index (χ2v) is 6.26. The molecule has 1 aliphatic heterocycles. The van der Waals surface area contributed by atoms with Gasteiger partial charge in [-0.2, -0.15) is 0 Å². The number of likely N-dealkylation sites (tertiary alicyclic amines) is 1. The van der Waals surface area contributed by atoms with Gasteiger partial charge in [0.15, 0.2) is 0 Å². The van der Waals surface area contributed by atoms with Crippen LogP contribution in [0.4, 0.5) is 5.82 Å². The number of likely N-dealkylation sites (N-methyl/N-ethyl adjacent to an activating group) is 1. The molecule has 2 N–H and O–H groups in total. The minimum Gasteiger partial charge on any atom is -0.388 e. The Morgan fingerprint density at radius 1 is 1.45 bits per heavy atom. The molecule has 122 valence electrons. The number of amides is 1. The molecule has 1 aliphatic rings. The number of nitrogens with zero attached hydrogens (tertiary/aromatic N) is 3. The third kappa shape index (κ3) is 3.96. The maximum absolute atomic E-state index is 12.7. The van der Waals surface area contributed by atoms with Crippen molar-refractivity contribution in [2.45, 2.75) is 24.9 Å².